The summed E-state index contributed by atoms with van der Waals surface area (Å²) in [5, 5.41) is 0. The van der Waals surface area contributed by atoms with E-state index >= 15 is 0 Å². The highest BCUT2D eigenvalue weighted by molar-refractivity contribution is 9.10. The smallest absolute Gasteiger partial charge is 0.311 e. The number of rotatable bonds is 4. The number of alkyl halides is 2. The van der Waals surface area contributed by atoms with Crippen LogP contribution in [0.1, 0.15) is 24.6 Å². The van der Waals surface area contributed by atoms with Gasteiger partial charge in [0.05, 0.1) is 18.6 Å². The summed E-state index contributed by atoms with van der Waals surface area (Å²) in [6.45, 7) is 1.87. The van der Waals surface area contributed by atoms with Crippen LogP contribution < -0.4 is 5.56 Å². The summed E-state index contributed by atoms with van der Waals surface area (Å²) >= 11 is 3.02. The molecule has 0 saturated carbocycles. The summed E-state index contributed by atoms with van der Waals surface area (Å²) < 4.78 is 29.7. The first kappa shape index (κ1) is 13.8. The number of hydrogen-bond donors (Lipinski definition) is 1. The fraction of sp³-hybridized carbons (Fsp3) is 0.400. The Bertz CT molecular complexity index is 473. The van der Waals surface area contributed by atoms with E-state index in [4.69, 9.17) is 0 Å². The molecule has 1 aromatic heterocycles. The van der Waals surface area contributed by atoms with Crippen LogP contribution in [0.15, 0.2) is 15.3 Å². The molecular weight excluding hydrogens is 300 g/mol. The van der Waals surface area contributed by atoms with Crippen LogP contribution in [0, 0.1) is 0 Å². The number of hydrogen-bond acceptors (Lipinski definition) is 3. The number of esters is 1. The molecular formula is C10H10BrF2NO3. The molecule has 0 spiro atoms. The molecule has 17 heavy (non-hydrogen) atoms. The van der Waals surface area contributed by atoms with Crippen LogP contribution in [0.25, 0.3) is 0 Å². The molecule has 0 saturated heterocycles. The van der Waals surface area contributed by atoms with E-state index in [0.29, 0.717) is 0 Å². The molecule has 1 heterocycles. The predicted molar refractivity (Wildman–Crippen MR) is 60.1 cm³/mol. The molecule has 0 atom stereocenters. The van der Waals surface area contributed by atoms with Gasteiger partial charge in [-0.2, -0.15) is 0 Å². The molecule has 0 aliphatic rings. The van der Waals surface area contributed by atoms with Crippen LogP contribution in [-0.4, -0.2) is 17.6 Å². The van der Waals surface area contributed by atoms with Crippen LogP contribution in [0.4, 0.5) is 8.78 Å². The van der Waals surface area contributed by atoms with E-state index in [2.05, 4.69) is 25.7 Å². The van der Waals surface area contributed by atoms with Gasteiger partial charge >= 0.3 is 5.97 Å². The molecule has 4 nitrogen and oxygen atoms in total. The lowest BCUT2D eigenvalue weighted by Gasteiger charge is -2.06. The van der Waals surface area contributed by atoms with Crippen molar-refractivity contribution in [2.24, 2.45) is 0 Å². The standard InChI is InChI=1S/C10H10BrF2NO3/c1-2-17-8(15)4-7-6(11)3-5(9(12)13)10(16)14-7/h3,9H,2,4H2,1H3,(H,14,16). The average molecular weight is 310 g/mol. The van der Waals surface area contributed by atoms with Crippen molar-refractivity contribution >= 4 is 21.9 Å². The number of ether oxygens (including phenoxy) is 1. The molecule has 0 radical (unpaired) electrons. The van der Waals surface area contributed by atoms with Gasteiger partial charge in [-0.05, 0) is 28.9 Å². The molecule has 94 valence electrons. The molecule has 0 bridgehead atoms. The van der Waals surface area contributed by atoms with Crippen molar-refractivity contribution in [2.45, 2.75) is 19.8 Å². The molecule has 0 aromatic carbocycles. The van der Waals surface area contributed by atoms with Crippen molar-refractivity contribution in [3.8, 4) is 0 Å². The second kappa shape index (κ2) is 5.90. The third-order valence-electron chi connectivity index (χ3n) is 1.96. The van der Waals surface area contributed by atoms with Gasteiger partial charge in [-0.1, -0.05) is 0 Å². The lowest BCUT2D eigenvalue weighted by Crippen LogP contribution is -2.18. The minimum atomic E-state index is -2.85. The van der Waals surface area contributed by atoms with E-state index in [0.717, 1.165) is 6.07 Å². The number of pyridine rings is 1. The van der Waals surface area contributed by atoms with Gasteiger partial charge in [0.1, 0.15) is 0 Å². The van der Waals surface area contributed by atoms with E-state index in [9.17, 15) is 18.4 Å². The predicted octanol–water partition coefficient (Wildman–Crippen LogP) is 2.18. The lowest BCUT2D eigenvalue weighted by molar-refractivity contribution is -0.142. The summed E-state index contributed by atoms with van der Waals surface area (Å²) in [5.41, 5.74) is -1.31. The number of aromatic nitrogens is 1. The molecule has 7 heteroatoms. The normalized spacial score (nSPS) is 10.6. The molecule has 0 amide bonds. The van der Waals surface area contributed by atoms with Crippen molar-refractivity contribution in [1.29, 1.82) is 0 Å². The fourth-order valence-corrected chi connectivity index (χ4v) is 1.69. The van der Waals surface area contributed by atoms with Gasteiger partial charge in [-0.25, -0.2) is 8.78 Å². The molecule has 0 aliphatic heterocycles. The van der Waals surface area contributed by atoms with E-state index in [1.807, 2.05) is 0 Å². The van der Waals surface area contributed by atoms with Crippen molar-refractivity contribution in [1.82, 2.24) is 4.98 Å². The van der Waals surface area contributed by atoms with E-state index < -0.39 is 23.5 Å². The number of carbonyl (C=O) groups excluding carboxylic acids is 1. The SMILES string of the molecule is CCOC(=O)Cc1[nH]c(=O)c(C(F)F)cc1Br. The summed E-state index contributed by atoms with van der Waals surface area (Å²) in [6.07, 6.45) is -3.03. The molecule has 0 unspecified atom stereocenters. The first-order chi connectivity index (χ1) is 7.95. The summed E-state index contributed by atoms with van der Waals surface area (Å²) in [6, 6.07) is 1.01. The number of H-pyrrole nitrogens is 1. The average Bonchev–Trinajstić information content (AvgIpc) is 2.22. The van der Waals surface area contributed by atoms with E-state index in [1.165, 1.54) is 0 Å². The Labute approximate surface area is 104 Å². The van der Waals surface area contributed by atoms with Crippen molar-refractivity contribution in [3.05, 3.63) is 32.2 Å². The zero-order valence-electron chi connectivity index (χ0n) is 8.93. The van der Waals surface area contributed by atoms with Gasteiger partial charge in [-0.3, -0.25) is 9.59 Å². The van der Waals surface area contributed by atoms with Gasteiger partial charge in [-0.15, -0.1) is 0 Å². The summed E-state index contributed by atoms with van der Waals surface area (Å²) in [5.74, 6) is -0.534. The minimum absolute atomic E-state index is 0.173. The van der Waals surface area contributed by atoms with Gasteiger partial charge in [0.25, 0.3) is 12.0 Å². The number of aromatic amines is 1. The number of carbonyl (C=O) groups is 1. The highest BCUT2D eigenvalue weighted by Crippen LogP contribution is 2.21. The van der Waals surface area contributed by atoms with Crippen molar-refractivity contribution in [3.63, 3.8) is 0 Å². The fourth-order valence-electron chi connectivity index (χ4n) is 1.21. The van der Waals surface area contributed by atoms with Gasteiger partial charge in [0.15, 0.2) is 0 Å². The lowest BCUT2D eigenvalue weighted by atomic mass is 10.2. The van der Waals surface area contributed by atoms with Gasteiger partial charge < -0.3 is 9.72 Å². The van der Waals surface area contributed by atoms with E-state index in [-0.39, 0.29) is 23.2 Å². The maximum Gasteiger partial charge on any atom is 0.311 e. The van der Waals surface area contributed by atoms with Crippen LogP contribution in [0.2, 0.25) is 0 Å². The van der Waals surface area contributed by atoms with Gasteiger partial charge in [0.2, 0.25) is 0 Å². The number of halogens is 3. The van der Waals surface area contributed by atoms with Crippen molar-refractivity contribution in [2.75, 3.05) is 6.61 Å². The summed E-state index contributed by atoms with van der Waals surface area (Å²) in [7, 11) is 0. The Morgan fingerprint density at radius 2 is 2.24 bits per heavy atom. The molecule has 1 rings (SSSR count). The zero-order chi connectivity index (χ0) is 13.0. The molecule has 0 aliphatic carbocycles. The maximum absolute atomic E-state index is 12.4. The number of nitrogens with one attached hydrogen (secondary N) is 1. The van der Waals surface area contributed by atoms with E-state index in [1.54, 1.807) is 6.92 Å². The highest BCUT2D eigenvalue weighted by Gasteiger charge is 2.16. The van der Waals surface area contributed by atoms with Crippen LogP contribution in [0.3, 0.4) is 0 Å². The van der Waals surface area contributed by atoms with Crippen LogP contribution in [0.5, 0.6) is 0 Å². The third-order valence-corrected chi connectivity index (χ3v) is 2.67. The minimum Gasteiger partial charge on any atom is -0.466 e. The zero-order valence-corrected chi connectivity index (χ0v) is 10.5. The molecule has 1 aromatic rings. The largest absolute Gasteiger partial charge is 0.466 e. The topological polar surface area (TPSA) is 59.2 Å². The molecule has 1 N–H and O–H groups in total. The van der Waals surface area contributed by atoms with Crippen LogP contribution >= 0.6 is 15.9 Å². The Balaban J connectivity index is 3.00. The quantitative estimate of drug-likeness (QED) is 0.867. The van der Waals surface area contributed by atoms with Gasteiger partial charge in [0, 0.05) is 10.2 Å². The Kier molecular flexibility index (Phi) is 4.80. The second-order valence-corrected chi connectivity index (χ2v) is 4.02. The Hall–Kier alpha value is -1.24. The Morgan fingerprint density at radius 3 is 2.76 bits per heavy atom. The van der Waals surface area contributed by atoms with Crippen LogP contribution in [-0.2, 0) is 16.0 Å². The van der Waals surface area contributed by atoms with Crippen molar-refractivity contribution < 1.29 is 18.3 Å². The highest BCUT2D eigenvalue weighted by atomic mass is 79.9. The Morgan fingerprint density at radius 1 is 1.59 bits per heavy atom. The third kappa shape index (κ3) is 3.62. The first-order valence-corrected chi connectivity index (χ1v) is 5.60. The summed E-state index contributed by atoms with van der Waals surface area (Å²) in [4.78, 5) is 24.7. The monoisotopic (exact) mass is 309 g/mol. The maximum atomic E-state index is 12.4. The first-order valence-electron chi connectivity index (χ1n) is 4.81. The second-order valence-electron chi connectivity index (χ2n) is 3.16. The molecule has 0 fully saturated rings.